The van der Waals surface area contributed by atoms with Crippen molar-refractivity contribution in [2.75, 3.05) is 5.32 Å². The Bertz CT molecular complexity index is 795. The lowest BCUT2D eigenvalue weighted by Crippen LogP contribution is -2.10. The molecule has 0 unspecified atom stereocenters. The van der Waals surface area contributed by atoms with Gasteiger partial charge in [-0.1, -0.05) is 17.3 Å². The fourth-order valence-corrected chi connectivity index (χ4v) is 2.25. The normalized spacial score (nSPS) is 10.4. The van der Waals surface area contributed by atoms with Crippen LogP contribution in [0.3, 0.4) is 0 Å². The number of aromatic hydroxyl groups is 1. The molecule has 6 heteroatoms. The van der Waals surface area contributed by atoms with Crippen LogP contribution in [0.1, 0.15) is 10.4 Å². The van der Waals surface area contributed by atoms with Gasteiger partial charge < -0.3 is 9.63 Å². The maximum absolute atomic E-state index is 12.0. The van der Waals surface area contributed by atoms with Gasteiger partial charge in [-0.05, 0) is 59.0 Å². The van der Waals surface area contributed by atoms with Crippen LogP contribution in [0.2, 0.25) is 0 Å². The minimum Gasteiger partial charge on any atom is -0.508 e. The molecule has 3 rings (SSSR count). The molecule has 0 bridgehead atoms. The summed E-state index contributed by atoms with van der Waals surface area (Å²) in [6, 6.07) is 15.4. The number of halogens is 1. The van der Waals surface area contributed by atoms with Gasteiger partial charge in [-0.2, -0.15) is 0 Å². The number of amides is 1. The van der Waals surface area contributed by atoms with Gasteiger partial charge in [0.2, 0.25) is 5.88 Å². The lowest BCUT2D eigenvalue weighted by molar-refractivity contribution is 0.102. The molecule has 0 saturated carbocycles. The summed E-state index contributed by atoms with van der Waals surface area (Å²) in [5.74, 6) is 0.0501. The summed E-state index contributed by atoms with van der Waals surface area (Å²) in [6.45, 7) is 0. The van der Waals surface area contributed by atoms with Crippen LogP contribution in [0.4, 0.5) is 5.88 Å². The third-order valence-corrected chi connectivity index (χ3v) is 3.74. The number of carbonyl (C=O) groups is 1. The molecule has 0 saturated heterocycles. The van der Waals surface area contributed by atoms with Crippen molar-refractivity contribution in [3.63, 3.8) is 0 Å². The molecular formula is C16H11IN2O3. The quantitative estimate of drug-likeness (QED) is 0.647. The third-order valence-electron chi connectivity index (χ3n) is 3.02. The molecule has 0 aliphatic carbocycles. The molecule has 1 heterocycles. The second-order valence-electron chi connectivity index (χ2n) is 4.58. The number of aromatic nitrogens is 1. The summed E-state index contributed by atoms with van der Waals surface area (Å²) >= 11 is 2.23. The average Bonchev–Trinajstić information content (AvgIpc) is 2.97. The maximum atomic E-state index is 12.0. The first-order chi connectivity index (χ1) is 10.6. The summed E-state index contributed by atoms with van der Waals surface area (Å²) in [5.41, 5.74) is 1.98. The molecule has 5 nitrogen and oxygen atoms in total. The molecule has 0 spiro atoms. The largest absolute Gasteiger partial charge is 0.508 e. The molecule has 0 fully saturated rings. The first kappa shape index (κ1) is 14.6. The van der Waals surface area contributed by atoms with Gasteiger partial charge in [-0.25, -0.2) is 0 Å². The predicted molar refractivity (Wildman–Crippen MR) is 90.7 cm³/mol. The van der Waals surface area contributed by atoms with Crippen molar-refractivity contribution in [2.45, 2.75) is 0 Å². The Morgan fingerprint density at radius 2 is 1.77 bits per heavy atom. The van der Waals surface area contributed by atoms with Crippen molar-refractivity contribution in [1.29, 1.82) is 0 Å². The van der Waals surface area contributed by atoms with Gasteiger partial charge in [-0.15, -0.1) is 0 Å². The number of rotatable bonds is 3. The number of phenolic OH excluding ortho intramolecular Hbond substituents is 1. The molecule has 1 amide bonds. The molecule has 0 aliphatic heterocycles. The fourth-order valence-electron chi connectivity index (χ4n) is 1.89. The van der Waals surface area contributed by atoms with Gasteiger partial charge >= 0.3 is 0 Å². The lowest BCUT2D eigenvalue weighted by Gasteiger charge is -2.00. The number of anilines is 1. The first-order valence-electron chi connectivity index (χ1n) is 6.45. The van der Waals surface area contributed by atoms with Crippen molar-refractivity contribution >= 4 is 34.4 Å². The molecule has 22 heavy (non-hydrogen) atoms. The Labute approximate surface area is 140 Å². The van der Waals surface area contributed by atoms with Crippen molar-refractivity contribution < 1.29 is 14.4 Å². The molecule has 1 aromatic heterocycles. The van der Waals surface area contributed by atoms with Gasteiger partial charge in [0.15, 0.2) is 0 Å². The third kappa shape index (κ3) is 3.28. The predicted octanol–water partition coefficient (Wildman–Crippen LogP) is 3.90. The summed E-state index contributed by atoms with van der Waals surface area (Å²) < 4.78 is 6.26. The Morgan fingerprint density at radius 3 is 2.45 bits per heavy atom. The van der Waals surface area contributed by atoms with Crippen LogP contribution in [0.25, 0.3) is 11.3 Å². The zero-order chi connectivity index (χ0) is 15.5. The average molecular weight is 406 g/mol. The Morgan fingerprint density at radius 1 is 1.09 bits per heavy atom. The number of hydrogen-bond donors (Lipinski definition) is 2. The minimum absolute atomic E-state index is 0.109. The summed E-state index contributed by atoms with van der Waals surface area (Å²) in [7, 11) is 0. The van der Waals surface area contributed by atoms with E-state index in [0.717, 1.165) is 9.13 Å². The van der Waals surface area contributed by atoms with E-state index in [1.165, 1.54) is 24.3 Å². The highest BCUT2D eigenvalue weighted by molar-refractivity contribution is 14.1. The Kier molecular flexibility index (Phi) is 4.10. The van der Waals surface area contributed by atoms with Crippen LogP contribution < -0.4 is 5.32 Å². The van der Waals surface area contributed by atoms with Gasteiger partial charge in [0.25, 0.3) is 5.91 Å². The van der Waals surface area contributed by atoms with Crippen LogP contribution in [0, 0.1) is 3.57 Å². The molecule has 0 radical (unpaired) electrons. The molecular weight excluding hydrogens is 395 g/mol. The van der Waals surface area contributed by atoms with E-state index in [1.54, 1.807) is 6.07 Å². The SMILES string of the molecule is O=C(Nc1cc(-c2ccc(I)cc2)no1)c1ccc(O)cc1. The van der Waals surface area contributed by atoms with Gasteiger partial charge in [-0.3, -0.25) is 10.1 Å². The maximum Gasteiger partial charge on any atom is 0.258 e. The zero-order valence-electron chi connectivity index (χ0n) is 11.3. The van der Waals surface area contributed by atoms with E-state index in [1.807, 2.05) is 24.3 Å². The second-order valence-corrected chi connectivity index (χ2v) is 5.83. The summed E-state index contributed by atoms with van der Waals surface area (Å²) in [4.78, 5) is 12.0. The van der Waals surface area contributed by atoms with Crippen molar-refractivity contribution in [1.82, 2.24) is 5.16 Å². The number of phenols is 1. The highest BCUT2D eigenvalue weighted by atomic mass is 127. The molecule has 2 aromatic carbocycles. The second kappa shape index (κ2) is 6.18. The van der Waals surface area contributed by atoms with Crippen molar-refractivity contribution in [3.05, 3.63) is 63.7 Å². The van der Waals surface area contributed by atoms with E-state index in [4.69, 9.17) is 4.52 Å². The molecule has 0 aliphatic rings. The van der Waals surface area contributed by atoms with Crippen LogP contribution in [0.15, 0.2) is 59.1 Å². The highest BCUT2D eigenvalue weighted by Gasteiger charge is 2.11. The summed E-state index contributed by atoms with van der Waals surface area (Å²) in [5, 5.41) is 15.8. The molecule has 3 aromatic rings. The molecule has 0 atom stereocenters. The lowest BCUT2D eigenvalue weighted by atomic mass is 10.1. The Hall–Kier alpha value is -2.35. The Balaban J connectivity index is 1.75. The monoisotopic (exact) mass is 406 g/mol. The number of nitrogens with one attached hydrogen (secondary N) is 1. The zero-order valence-corrected chi connectivity index (χ0v) is 13.4. The first-order valence-corrected chi connectivity index (χ1v) is 7.53. The number of nitrogens with zero attached hydrogens (tertiary/aromatic N) is 1. The topological polar surface area (TPSA) is 75.4 Å². The smallest absolute Gasteiger partial charge is 0.258 e. The molecule has 110 valence electrons. The van der Waals surface area contributed by atoms with E-state index in [9.17, 15) is 9.90 Å². The highest BCUT2D eigenvalue weighted by Crippen LogP contribution is 2.23. The summed E-state index contributed by atoms with van der Waals surface area (Å²) in [6.07, 6.45) is 0. The van der Waals surface area contributed by atoms with Crippen LogP contribution in [-0.2, 0) is 0 Å². The standard InChI is InChI=1S/C16H11IN2O3/c17-12-5-1-10(2-6-12)14-9-15(22-19-14)18-16(21)11-3-7-13(20)8-4-11/h1-9,20H,(H,18,21). The van der Waals surface area contributed by atoms with E-state index < -0.39 is 0 Å². The van der Waals surface area contributed by atoms with Crippen LogP contribution >= 0.6 is 22.6 Å². The van der Waals surface area contributed by atoms with Crippen LogP contribution in [0.5, 0.6) is 5.75 Å². The van der Waals surface area contributed by atoms with E-state index in [2.05, 4.69) is 33.1 Å². The number of carbonyl (C=O) groups excluding carboxylic acids is 1. The molecule has 2 N–H and O–H groups in total. The van der Waals surface area contributed by atoms with Gasteiger partial charge in [0.1, 0.15) is 11.4 Å². The van der Waals surface area contributed by atoms with Crippen molar-refractivity contribution in [3.8, 4) is 17.0 Å². The minimum atomic E-state index is -0.328. The van der Waals surface area contributed by atoms with Crippen LogP contribution in [-0.4, -0.2) is 16.2 Å². The number of benzene rings is 2. The van der Waals surface area contributed by atoms with E-state index in [-0.39, 0.29) is 17.5 Å². The van der Waals surface area contributed by atoms with E-state index in [0.29, 0.717) is 11.3 Å². The number of hydrogen-bond acceptors (Lipinski definition) is 4. The van der Waals surface area contributed by atoms with Crippen molar-refractivity contribution in [2.24, 2.45) is 0 Å². The van der Waals surface area contributed by atoms with Gasteiger partial charge in [0, 0.05) is 20.8 Å². The fraction of sp³-hybridized carbons (Fsp3) is 0. The van der Waals surface area contributed by atoms with Gasteiger partial charge in [0.05, 0.1) is 0 Å². The van der Waals surface area contributed by atoms with E-state index >= 15 is 0 Å².